The number of benzene rings is 1. The molecule has 0 amide bonds. The predicted molar refractivity (Wildman–Crippen MR) is 155 cm³/mol. The summed E-state index contributed by atoms with van der Waals surface area (Å²) in [7, 11) is -3.95. The van der Waals surface area contributed by atoms with E-state index in [1.54, 1.807) is 59.7 Å². The van der Waals surface area contributed by atoms with E-state index in [0.29, 0.717) is 12.1 Å². The fourth-order valence-electron chi connectivity index (χ4n) is 6.40. The fraction of sp³-hybridized carbons (Fsp3) is 0.290. The highest BCUT2D eigenvalue weighted by atomic mass is 32.2. The molecule has 0 saturated carbocycles. The number of pyridine rings is 2. The summed E-state index contributed by atoms with van der Waals surface area (Å²) in [5.41, 5.74) is 3.08. The van der Waals surface area contributed by atoms with Gasteiger partial charge in [0, 0.05) is 38.6 Å². The maximum absolute atomic E-state index is 14.3. The Hall–Kier alpha value is -4.22. The SMILES string of the molecule is O=C(c1ccccn1)C12Cc3cnn(-c4ccc(F)cc4)c3C=C1CCN(S(=O)(=O)c1cncc(N3CCCC3)c1)C2. The molecule has 1 aromatic carbocycles. The Balaban J connectivity index is 1.28. The lowest BCUT2D eigenvalue weighted by Gasteiger charge is -2.44. The second-order valence-electron chi connectivity index (χ2n) is 11.1. The van der Waals surface area contributed by atoms with Crippen LogP contribution < -0.4 is 4.90 Å². The Morgan fingerprint density at radius 2 is 1.76 bits per heavy atom. The first-order valence-corrected chi connectivity index (χ1v) is 15.5. The van der Waals surface area contributed by atoms with Crippen molar-refractivity contribution >= 4 is 27.6 Å². The van der Waals surface area contributed by atoms with Crippen molar-refractivity contribution in [2.75, 3.05) is 31.1 Å². The average molecular weight is 585 g/mol. The van der Waals surface area contributed by atoms with E-state index in [-0.39, 0.29) is 41.7 Å². The maximum Gasteiger partial charge on any atom is 0.244 e. The van der Waals surface area contributed by atoms with Crippen LogP contribution in [-0.4, -0.2) is 64.4 Å². The lowest BCUT2D eigenvalue weighted by atomic mass is 9.65. The third-order valence-corrected chi connectivity index (χ3v) is 10.4. The van der Waals surface area contributed by atoms with Gasteiger partial charge in [-0.25, -0.2) is 17.5 Å². The molecule has 214 valence electrons. The number of hydrogen-bond donors (Lipinski definition) is 0. The molecule has 0 spiro atoms. The lowest BCUT2D eigenvalue weighted by Crippen LogP contribution is -2.53. The van der Waals surface area contributed by atoms with E-state index in [4.69, 9.17) is 0 Å². The van der Waals surface area contributed by atoms with E-state index in [9.17, 15) is 17.6 Å². The zero-order valence-electron chi connectivity index (χ0n) is 22.9. The Bertz CT molecular complexity index is 1800. The Morgan fingerprint density at radius 1 is 0.952 bits per heavy atom. The van der Waals surface area contributed by atoms with E-state index in [0.717, 1.165) is 48.4 Å². The van der Waals surface area contributed by atoms with Gasteiger partial charge in [0.25, 0.3) is 0 Å². The van der Waals surface area contributed by atoms with Crippen molar-refractivity contribution < 1.29 is 17.6 Å². The van der Waals surface area contributed by atoms with Crippen LogP contribution in [0.1, 0.15) is 41.0 Å². The van der Waals surface area contributed by atoms with E-state index >= 15 is 0 Å². The van der Waals surface area contributed by atoms with Crippen molar-refractivity contribution in [3.63, 3.8) is 0 Å². The zero-order valence-corrected chi connectivity index (χ0v) is 23.7. The van der Waals surface area contributed by atoms with Crippen LogP contribution in [0.2, 0.25) is 0 Å². The van der Waals surface area contributed by atoms with Crippen molar-refractivity contribution in [3.8, 4) is 5.69 Å². The molecule has 0 radical (unpaired) electrons. The highest BCUT2D eigenvalue weighted by Crippen LogP contribution is 2.47. The topological polar surface area (TPSA) is 101 Å². The highest BCUT2D eigenvalue weighted by molar-refractivity contribution is 7.89. The minimum Gasteiger partial charge on any atom is -0.370 e. The van der Waals surface area contributed by atoms with Gasteiger partial charge in [0.1, 0.15) is 16.4 Å². The van der Waals surface area contributed by atoms with Crippen LogP contribution in [0.4, 0.5) is 10.1 Å². The van der Waals surface area contributed by atoms with Crippen molar-refractivity contribution in [2.45, 2.75) is 30.6 Å². The van der Waals surface area contributed by atoms with E-state index < -0.39 is 15.4 Å². The monoisotopic (exact) mass is 584 g/mol. The first kappa shape index (κ1) is 26.7. The maximum atomic E-state index is 14.3. The molecule has 7 rings (SSSR count). The number of carbonyl (C=O) groups is 1. The number of hydrogen-bond acceptors (Lipinski definition) is 7. The summed E-state index contributed by atoms with van der Waals surface area (Å²) < 4.78 is 44.9. The number of anilines is 1. The van der Waals surface area contributed by atoms with Crippen molar-refractivity contribution in [1.82, 2.24) is 24.1 Å². The van der Waals surface area contributed by atoms with Gasteiger partial charge in [-0.1, -0.05) is 11.6 Å². The highest BCUT2D eigenvalue weighted by Gasteiger charge is 2.51. The summed E-state index contributed by atoms with van der Waals surface area (Å²) in [6.07, 6.45) is 11.1. The van der Waals surface area contributed by atoms with Gasteiger partial charge in [0.2, 0.25) is 10.0 Å². The van der Waals surface area contributed by atoms with Gasteiger partial charge in [-0.05, 0) is 79.8 Å². The van der Waals surface area contributed by atoms with Crippen molar-refractivity contribution in [2.24, 2.45) is 5.41 Å². The number of sulfonamides is 1. The largest absolute Gasteiger partial charge is 0.370 e. The molecular weight excluding hydrogens is 555 g/mol. The molecule has 3 aliphatic rings. The minimum absolute atomic E-state index is 0.0221. The Kier molecular flexibility index (Phi) is 6.51. The summed E-state index contributed by atoms with van der Waals surface area (Å²) >= 11 is 0. The van der Waals surface area contributed by atoms with Gasteiger partial charge in [-0.15, -0.1) is 0 Å². The zero-order chi connectivity index (χ0) is 28.9. The molecule has 2 fully saturated rings. The van der Waals surface area contributed by atoms with Gasteiger partial charge in [-0.2, -0.15) is 9.40 Å². The number of nitrogens with zero attached hydrogens (tertiary/aromatic N) is 6. The molecular formula is C31H29FN6O3S. The molecule has 2 aliphatic heterocycles. The quantitative estimate of drug-likeness (QED) is 0.312. The predicted octanol–water partition coefficient (Wildman–Crippen LogP) is 4.31. The van der Waals surface area contributed by atoms with Gasteiger partial charge in [0.05, 0.1) is 34.9 Å². The number of halogens is 1. The van der Waals surface area contributed by atoms with Crippen LogP contribution in [0.5, 0.6) is 0 Å². The number of Topliss-reactive ketones (excluding diaryl/α,β-unsaturated/α-hetero) is 1. The molecule has 5 heterocycles. The average Bonchev–Trinajstić information content (AvgIpc) is 3.71. The van der Waals surface area contributed by atoms with E-state index in [1.165, 1.54) is 22.6 Å². The number of ketones is 1. The number of rotatable bonds is 6. The van der Waals surface area contributed by atoms with Crippen LogP contribution in [0.15, 0.2) is 83.8 Å². The van der Waals surface area contributed by atoms with Crippen molar-refractivity contribution in [1.29, 1.82) is 0 Å². The van der Waals surface area contributed by atoms with Crippen LogP contribution in [0.25, 0.3) is 11.8 Å². The number of aromatic nitrogens is 4. The standard InChI is InChI=1S/C31H29FN6O3S/c32-24-6-8-25(9-7-24)38-29-15-23-10-14-37(42(40,41)27-16-26(19-33-20-27)36-12-3-4-13-36)21-31(23,17-22(29)18-35-38)30(39)28-5-1-2-11-34-28/h1-2,5-9,11,15-16,18-20H,3-4,10,12-14,17,21H2. The van der Waals surface area contributed by atoms with Gasteiger partial charge >= 0.3 is 0 Å². The van der Waals surface area contributed by atoms with E-state index in [1.807, 2.05) is 6.08 Å². The molecule has 3 aromatic heterocycles. The summed E-state index contributed by atoms with van der Waals surface area (Å²) in [5, 5.41) is 4.56. The third-order valence-electron chi connectivity index (χ3n) is 8.59. The first-order valence-electron chi connectivity index (χ1n) is 14.1. The molecule has 4 aromatic rings. The van der Waals surface area contributed by atoms with Gasteiger partial charge in [0.15, 0.2) is 5.78 Å². The summed E-state index contributed by atoms with van der Waals surface area (Å²) in [5.74, 6) is -0.564. The molecule has 11 heteroatoms. The minimum atomic E-state index is -3.95. The molecule has 9 nitrogen and oxygen atoms in total. The van der Waals surface area contributed by atoms with Crippen LogP contribution in [0.3, 0.4) is 0 Å². The Labute approximate surface area is 243 Å². The first-order chi connectivity index (χ1) is 20.3. The summed E-state index contributed by atoms with van der Waals surface area (Å²) in [6, 6.07) is 12.9. The van der Waals surface area contributed by atoms with Crippen LogP contribution >= 0.6 is 0 Å². The normalized spacial score (nSPS) is 20.6. The van der Waals surface area contributed by atoms with Crippen molar-refractivity contribution in [3.05, 3.63) is 102 Å². The summed E-state index contributed by atoms with van der Waals surface area (Å²) in [4.78, 5) is 25.2. The molecule has 1 aliphatic carbocycles. The fourth-order valence-corrected chi connectivity index (χ4v) is 7.88. The third kappa shape index (κ3) is 4.44. The molecule has 2 saturated heterocycles. The summed E-state index contributed by atoms with van der Waals surface area (Å²) in [6.45, 7) is 1.95. The van der Waals surface area contributed by atoms with Gasteiger partial charge in [-0.3, -0.25) is 14.8 Å². The Morgan fingerprint density at radius 3 is 2.52 bits per heavy atom. The van der Waals surface area contributed by atoms with Gasteiger partial charge < -0.3 is 4.90 Å². The molecule has 0 bridgehead atoms. The number of carbonyl (C=O) groups excluding carboxylic acids is 1. The second-order valence-corrected chi connectivity index (χ2v) is 13.0. The smallest absolute Gasteiger partial charge is 0.244 e. The number of fused-ring (bicyclic) bond motifs is 2. The molecule has 0 N–H and O–H groups in total. The second kappa shape index (κ2) is 10.2. The van der Waals surface area contributed by atoms with Crippen LogP contribution in [-0.2, 0) is 16.4 Å². The molecule has 1 atom stereocenters. The number of piperidine rings is 1. The van der Waals surface area contributed by atoms with Crippen LogP contribution in [0, 0.1) is 11.2 Å². The molecule has 42 heavy (non-hydrogen) atoms. The lowest BCUT2D eigenvalue weighted by molar-refractivity contribution is 0.0770. The van der Waals surface area contributed by atoms with E-state index in [2.05, 4.69) is 20.0 Å². The molecule has 1 unspecified atom stereocenters.